The van der Waals surface area contributed by atoms with E-state index >= 15 is 0 Å². The maximum atomic E-state index is 12.4. The molecule has 0 heterocycles. The summed E-state index contributed by atoms with van der Waals surface area (Å²) in [5, 5.41) is 7.58. The normalized spacial score (nSPS) is 13.0. The van der Waals surface area contributed by atoms with E-state index in [1.165, 1.54) is 11.1 Å². The zero-order valence-electron chi connectivity index (χ0n) is 18.2. The molecule has 0 unspecified atom stereocenters. The molecule has 0 bridgehead atoms. The van der Waals surface area contributed by atoms with Crippen LogP contribution in [-0.4, -0.2) is 25.4 Å². The second kappa shape index (κ2) is 10.8. The van der Waals surface area contributed by atoms with E-state index in [1.807, 2.05) is 0 Å². The lowest BCUT2D eigenvalue weighted by molar-refractivity contribution is -0.692. The Bertz CT molecular complexity index is 798. The topological polar surface area (TPSA) is 74.8 Å². The first-order chi connectivity index (χ1) is 13.8. The molecule has 4 N–H and O–H groups in total. The number of hydrogen-bond donors (Lipinski definition) is 3. The summed E-state index contributed by atoms with van der Waals surface area (Å²) in [6.07, 6.45) is 1.13. The summed E-state index contributed by atoms with van der Waals surface area (Å²) in [7, 11) is 1.59. The van der Waals surface area contributed by atoms with E-state index in [-0.39, 0.29) is 17.9 Å². The van der Waals surface area contributed by atoms with Gasteiger partial charge in [0, 0.05) is 29.8 Å². The smallest absolute Gasteiger partial charge is 0.279 e. The van der Waals surface area contributed by atoms with Crippen molar-refractivity contribution in [1.82, 2.24) is 5.32 Å². The number of hydrogen-bond acceptors (Lipinski definition) is 2. The summed E-state index contributed by atoms with van der Waals surface area (Å²) in [6.45, 7) is 9.14. The number of anilines is 1. The monoisotopic (exact) mass is 396 g/mol. The Morgan fingerprint density at radius 2 is 1.52 bits per heavy atom. The lowest BCUT2D eigenvalue weighted by atomic mass is 9.92. The van der Waals surface area contributed by atoms with Gasteiger partial charge in [-0.2, -0.15) is 0 Å². The van der Waals surface area contributed by atoms with E-state index in [0.717, 1.165) is 6.42 Å². The Labute approximate surface area is 174 Å². The minimum Gasteiger partial charge on any atom is -0.355 e. The van der Waals surface area contributed by atoms with Gasteiger partial charge < -0.3 is 16.0 Å². The highest BCUT2D eigenvalue weighted by molar-refractivity contribution is 5.95. The largest absolute Gasteiger partial charge is 0.355 e. The van der Waals surface area contributed by atoms with Crippen molar-refractivity contribution in [2.75, 3.05) is 18.9 Å². The highest BCUT2D eigenvalue weighted by atomic mass is 16.2. The van der Waals surface area contributed by atoms with Crippen molar-refractivity contribution in [1.29, 1.82) is 0 Å². The van der Waals surface area contributed by atoms with Crippen LogP contribution in [0, 0.1) is 5.92 Å². The molecule has 2 amide bonds. The molecule has 0 fully saturated rings. The average molecular weight is 397 g/mol. The first-order valence-electron chi connectivity index (χ1n) is 10.4. The molecule has 2 rings (SSSR count). The van der Waals surface area contributed by atoms with Gasteiger partial charge >= 0.3 is 0 Å². The summed E-state index contributed by atoms with van der Waals surface area (Å²) >= 11 is 0. The van der Waals surface area contributed by atoms with Crippen molar-refractivity contribution in [2.45, 2.75) is 46.1 Å². The molecule has 0 aliphatic heterocycles. The van der Waals surface area contributed by atoms with Crippen LogP contribution < -0.4 is 16.0 Å². The molecular formula is C24H34N3O2+. The van der Waals surface area contributed by atoms with Gasteiger partial charge in [0.15, 0.2) is 6.54 Å². The molecule has 2 atom stereocenters. The molecule has 5 heteroatoms. The van der Waals surface area contributed by atoms with Crippen LogP contribution in [0.4, 0.5) is 5.69 Å². The van der Waals surface area contributed by atoms with Crippen LogP contribution >= 0.6 is 0 Å². The Morgan fingerprint density at radius 3 is 2.03 bits per heavy atom. The first kappa shape index (κ1) is 22.6. The number of carbonyl (C=O) groups is 2. The van der Waals surface area contributed by atoms with Crippen molar-refractivity contribution >= 4 is 17.5 Å². The molecule has 2 aromatic rings. The van der Waals surface area contributed by atoms with Crippen molar-refractivity contribution in [3.05, 3.63) is 65.2 Å². The third-order valence-electron chi connectivity index (χ3n) is 5.44. The van der Waals surface area contributed by atoms with Gasteiger partial charge in [-0.15, -0.1) is 0 Å². The van der Waals surface area contributed by atoms with Gasteiger partial charge in [-0.3, -0.25) is 9.59 Å². The molecule has 0 saturated heterocycles. The fourth-order valence-corrected chi connectivity index (χ4v) is 3.37. The molecule has 0 aliphatic carbocycles. The Morgan fingerprint density at radius 1 is 0.931 bits per heavy atom. The summed E-state index contributed by atoms with van der Waals surface area (Å²) in [6, 6.07) is 15.9. The van der Waals surface area contributed by atoms with Gasteiger partial charge in [-0.05, 0) is 42.2 Å². The molecule has 0 spiro atoms. The van der Waals surface area contributed by atoms with Crippen LogP contribution in [0.1, 0.15) is 67.6 Å². The van der Waals surface area contributed by atoms with Crippen molar-refractivity contribution in [2.24, 2.45) is 5.92 Å². The Hall–Kier alpha value is -2.66. The number of quaternary nitrogens is 1. The standard InChI is InChI=1S/C24H33N3O2/c1-6-17(4)18-7-9-19(10-8-18)23(16(2)3)26-15-22(28)27-21-13-11-20(12-14-21)24(29)25-5/h7-14,16-17,23,26H,6,15H2,1-5H3,(H,25,29)(H,27,28)/p+1/t17-,23+/m1/s1. The van der Waals surface area contributed by atoms with Crippen LogP contribution in [0.5, 0.6) is 0 Å². The molecule has 156 valence electrons. The van der Waals surface area contributed by atoms with Gasteiger partial charge in [0.05, 0.1) is 0 Å². The van der Waals surface area contributed by atoms with Gasteiger partial charge in [-0.1, -0.05) is 52.0 Å². The van der Waals surface area contributed by atoms with Crippen LogP contribution in [0.2, 0.25) is 0 Å². The highest BCUT2D eigenvalue weighted by Crippen LogP contribution is 2.23. The summed E-state index contributed by atoms with van der Waals surface area (Å²) in [4.78, 5) is 24.0. The molecule has 29 heavy (non-hydrogen) atoms. The van der Waals surface area contributed by atoms with E-state index in [0.29, 0.717) is 29.6 Å². The Balaban J connectivity index is 1.96. The predicted octanol–water partition coefficient (Wildman–Crippen LogP) is 3.46. The minimum atomic E-state index is -0.143. The van der Waals surface area contributed by atoms with Crippen molar-refractivity contribution < 1.29 is 14.9 Å². The average Bonchev–Trinajstić information content (AvgIpc) is 2.73. The molecule has 5 nitrogen and oxygen atoms in total. The molecule has 0 aliphatic rings. The highest BCUT2D eigenvalue weighted by Gasteiger charge is 2.21. The number of amides is 2. The molecule has 0 aromatic heterocycles. The third kappa shape index (κ3) is 6.43. The van der Waals surface area contributed by atoms with E-state index in [9.17, 15) is 9.59 Å². The van der Waals surface area contributed by atoms with Crippen molar-refractivity contribution in [3.63, 3.8) is 0 Å². The second-order valence-electron chi connectivity index (χ2n) is 7.89. The number of rotatable bonds is 9. The van der Waals surface area contributed by atoms with Gasteiger partial charge in [0.25, 0.3) is 11.8 Å². The van der Waals surface area contributed by atoms with Crippen LogP contribution in [0.25, 0.3) is 0 Å². The van der Waals surface area contributed by atoms with Crippen LogP contribution in [0.15, 0.2) is 48.5 Å². The number of nitrogens with one attached hydrogen (secondary N) is 2. The Kier molecular flexibility index (Phi) is 8.40. The summed E-state index contributed by atoms with van der Waals surface area (Å²) < 4.78 is 0. The third-order valence-corrected chi connectivity index (χ3v) is 5.44. The quantitative estimate of drug-likeness (QED) is 0.607. The van der Waals surface area contributed by atoms with E-state index in [4.69, 9.17) is 0 Å². The van der Waals surface area contributed by atoms with Crippen LogP contribution in [0.3, 0.4) is 0 Å². The van der Waals surface area contributed by atoms with Gasteiger partial charge in [-0.25, -0.2) is 0 Å². The van der Waals surface area contributed by atoms with Gasteiger partial charge in [0.1, 0.15) is 6.04 Å². The zero-order valence-corrected chi connectivity index (χ0v) is 18.2. The molecule has 0 saturated carbocycles. The van der Waals surface area contributed by atoms with Crippen molar-refractivity contribution in [3.8, 4) is 0 Å². The van der Waals surface area contributed by atoms with E-state index in [1.54, 1.807) is 31.3 Å². The fraction of sp³-hybridized carbons (Fsp3) is 0.417. The second-order valence-corrected chi connectivity index (χ2v) is 7.89. The fourth-order valence-electron chi connectivity index (χ4n) is 3.37. The summed E-state index contributed by atoms with van der Waals surface area (Å²) in [5.74, 6) is 0.769. The molecule has 0 radical (unpaired) electrons. The maximum absolute atomic E-state index is 12.4. The van der Waals surface area contributed by atoms with E-state index in [2.05, 4.69) is 67.9 Å². The molecular weight excluding hydrogens is 362 g/mol. The van der Waals surface area contributed by atoms with Gasteiger partial charge in [0.2, 0.25) is 0 Å². The van der Waals surface area contributed by atoms with E-state index < -0.39 is 0 Å². The molecule has 2 aromatic carbocycles. The predicted molar refractivity (Wildman–Crippen MR) is 118 cm³/mol. The number of carbonyl (C=O) groups excluding carboxylic acids is 2. The zero-order chi connectivity index (χ0) is 21.4. The number of nitrogens with two attached hydrogens (primary N) is 1. The minimum absolute atomic E-state index is 0.0560. The maximum Gasteiger partial charge on any atom is 0.279 e. The summed E-state index contributed by atoms with van der Waals surface area (Å²) in [5.41, 5.74) is 3.86. The van der Waals surface area contributed by atoms with Crippen LogP contribution in [-0.2, 0) is 4.79 Å². The SMILES string of the molecule is CC[C@@H](C)c1ccc([C@@H]([NH2+]CC(=O)Nc2ccc(C(=O)NC)cc2)C(C)C)cc1. The lowest BCUT2D eigenvalue weighted by Crippen LogP contribution is -2.88. The lowest BCUT2D eigenvalue weighted by Gasteiger charge is -2.20. The first-order valence-corrected chi connectivity index (χ1v) is 10.4. The number of benzene rings is 2.